The van der Waals surface area contributed by atoms with E-state index in [-0.39, 0.29) is 12.5 Å². The fourth-order valence-electron chi connectivity index (χ4n) is 1.65. The minimum Gasteiger partial charge on any atom is -0.389 e. The summed E-state index contributed by atoms with van der Waals surface area (Å²) in [5.41, 5.74) is -0.381. The Kier molecular flexibility index (Phi) is 4.29. The third kappa shape index (κ3) is 4.00. The number of nitrogens with zero attached hydrogens (tertiary/aromatic N) is 3. The Morgan fingerprint density at radius 1 is 1.33 bits per heavy atom. The van der Waals surface area contributed by atoms with Gasteiger partial charge in [-0.15, -0.1) is 0 Å². The maximum Gasteiger partial charge on any atom is 0.255 e. The number of anilines is 1. The van der Waals surface area contributed by atoms with E-state index in [0.717, 1.165) is 5.82 Å². The van der Waals surface area contributed by atoms with Crippen LogP contribution in [0.4, 0.5) is 5.82 Å². The summed E-state index contributed by atoms with van der Waals surface area (Å²) in [6.45, 7) is 3.62. The lowest BCUT2D eigenvalue weighted by molar-refractivity contribution is 0.0367. The number of hydrogen-bond donors (Lipinski definition) is 1. The monoisotopic (exact) mass is 251 g/mol. The third-order valence-corrected chi connectivity index (χ3v) is 2.42. The first-order chi connectivity index (χ1) is 8.20. The van der Waals surface area contributed by atoms with Crippen molar-refractivity contribution < 1.29 is 9.90 Å². The number of hydrogen-bond acceptors (Lipinski definition) is 4. The molecular formula is C13H21N3O2. The van der Waals surface area contributed by atoms with Crippen LogP contribution in [-0.4, -0.2) is 54.2 Å². The molecule has 1 rings (SSSR count). The molecule has 1 aromatic heterocycles. The van der Waals surface area contributed by atoms with Crippen molar-refractivity contribution in [2.45, 2.75) is 19.4 Å². The number of rotatable bonds is 4. The van der Waals surface area contributed by atoms with Crippen LogP contribution in [0.1, 0.15) is 24.2 Å². The minimum absolute atomic E-state index is 0.144. The molecule has 0 saturated heterocycles. The Balaban J connectivity index is 2.78. The van der Waals surface area contributed by atoms with Crippen LogP contribution < -0.4 is 4.90 Å². The average molecular weight is 251 g/mol. The van der Waals surface area contributed by atoms with Gasteiger partial charge in [0.05, 0.1) is 11.2 Å². The van der Waals surface area contributed by atoms with Crippen LogP contribution in [0.3, 0.4) is 0 Å². The van der Waals surface area contributed by atoms with E-state index < -0.39 is 5.60 Å². The molecule has 0 aliphatic heterocycles. The molecule has 0 bridgehead atoms. The molecule has 0 atom stereocenters. The molecule has 0 aliphatic rings. The van der Waals surface area contributed by atoms with Crippen LogP contribution in [0.2, 0.25) is 0 Å². The summed E-state index contributed by atoms with van der Waals surface area (Å²) in [4.78, 5) is 19.6. The zero-order chi connectivity index (χ0) is 13.9. The van der Waals surface area contributed by atoms with Gasteiger partial charge in [-0.25, -0.2) is 4.98 Å². The molecule has 0 aromatic carbocycles. The van der Waals surface area contributed by atoms with E-state index >= 15 is 0 Å². The first-order valence-electron chi connectivity index (χ1n) is 5.82. The minimum atomic E-state index is -0.901. The fourth-order valence-corrected chi connectivity index (χ4v) is 1.65. The second kappa shape index (κ2) is 5.35. The molecule has 0 spiro atoms. The smallest absolute Gasteiger partial charge is 0.255 e. The van der Waals surface area contributed by atoms with Crippen molar-refractivity contribution in [1.82, 2.24) is 9.88 Å². The quantitative estimate of drug-likeness (QED) is 0.867. The molecule has 0 radical (unpaired) electrons. The number of carbonyl (C=O) groups excluding carboxylic acids is 1. The van der Waals surface area contributed by atoms with E-state index in [2.05, 4.69) is 4.98 Å². The Labute approximate surface area is 108 Å². The standard InChI is InChI=1S/C13H21N3O2/c1-13(2,18)9-16(5)12(17)10-6-7-11(14-8-10)15(3)4/h6-8,18H,9H2,1-5H3. The lowest BCUT2D eigenvalue weighted by Crippen LogP contribution is -2.39. The summed E-state index contributed by atoms with van der Waals surface area (Å²) in [5, 5.41) is 9.68. The van der Waals surface area contributed by atoms with Gasteiger partial charge in [0, 0.05) is 33.9 Å². The second-order valence-electron chi connectivity index (χ2n) is 5.27. The molecule has 0 saturated carbocycles. The van der Waals surface area contributed by atoms with Gasteiger partial charge in [-0.3, -0.25) is 4.79 Å². The Bertz CT molecular complexity index is 407. The van der Waals surface area contributed by atoms with Crippen molar-refractivity contribution in [2.24, 2.45) is 0 Å². The topological polar surface area (TPSA) is 56.7 Å². The summed E-state index contributed by atoms with van der Waals surface area (Å²) in [6.07, 6.45) is 1.55. The molecule has 0 aliphatic carbocycles. The van der Waals surface area contributed by atoms with E-state index in [1.807, 2.05) is 19.0 Å². The first-order valence-corrected chi connectivity index (χ1v) is 5.82. The van der Waals surface area contributed by atoms with Crippen LogP contribution in [0.25, 0.3) is 0 Å². The van der Waals surface area contributed by atoms with Crippen molar-refractivity contribution in [1.29, 1.82) is 0 Å². The highest BCUT2D eigenvalue weighted by molar-refractivity contribution is 5.94. The zero-order valence-electron chi connectivity index (χ0n) is 11.6. The largest absolute Gasteiger partial charge is 0.389 e. The molecule has 18 heavy (non-hydrogen) atoms. The van der Waals surface area contributed by atoms with Crippen molar-refractivity contribution in [3.8, 4) is 0 Å². The normalized spacial score (nSPS) is 11.2. The van der Waals surface area contributed by atoms with Gasteiger partial charge in [-0.1, -0.05) is 0 Å². The third-order valence-electron chi connectivity index (χ3n) is 2.42. The van der Waals surface area contributed by atoms with E-state index in [9.17, 15) is 9.90 Å². The highest BCUT2D eigenvalue weighted by Gasteiger charge is 2.20. The van der Waals surface area contributed by atoms with E-state index in [1.54, 1.807) is 39.2 Å². The van der Waals surface area contributed by atoms with Crippen molar-refractivity contribution in [2.75, 3.05) is 32.6 Å². The molecule has 0 fully saturated rings. The second-order valence-corrected chi connectivity index (χ2v) is 5.27. The summed E-state index contributed by atoms with van der Waals surface area (Å²) in [6, 6.07) is 3.54. The molecule has 0 unspecified atom stereocenters. The SMILES string of the molecule is CN(CC(C)(C)O)C(=O)c1ccc(N(C)C)nc1. The van der Waals surface area contributed by atoms with Gasteiger partial charge in [0.25, 0.3) is 5.91 Å². The van der Waals surface area contributed by atoms with Crippen LogP contribution in [0.5, 0.6) is 0 Å². The summed E-state index contributed by atoms with van der Waals surface area (Å²) < 4.78 is 0. The van der Waals surface area contributed by atoms with Crippen LogP contribution in [-0.2, 0) is 0 Å². The molecule has 1 N–H and O–H groups in total. The Morgan fingerprint density at radius 3 is 2.33 bits per heavy atom. The van der Waals surface area contributed by atoms with Gasteiger partial charge in [-0.2, -0.15) is 0 Å². The number of pyridine rings is 1. The number of carbonyl (C=O) groups is 1. The molecule has 1 amide bonds. The first kappa shape index (κ1) is 14.4. The van der Waals surface area contributed by atoms with E-state index in [0.29, 0.717) is 5.56 Å². The fraction of sp³-hybridized carbons (Fsp3) is 0.538. The number of likely N-dealkylation sites (N-methyl/N-ethyl adjacent to an activating group) is 1. The van der Waals surface area contributed by atoms with Crippen molar-refractivity contribution in [3.63, 3.8) is 0 Å². The zero-order valence-corrected chi connectivity index (χ0v) is 11.6. The van der Waals surface area contributed by atoms with Crippen molar-refractivity contribution >= 4 is 11.7 Å². The number of aromatic nitrogens is 1. The lowest BCUT2D eigenvalue weighted by atomic mass is 10.1. The van der Waals surface area contributed by atoms with Crippen LogP contribution in [0.15, 0.2) is 18.3 Å². The molecule has 5 nitrogen and oxygen atoms in total. The van der Waals surface area contributed by atoms with Gasteiger partial charge in [0.1, 0.15) is 5.82 Å². The van der Waals surface area contributed by atoms with Crippen molar-refractivity contribution in [3.05, 3.63) is 23.9 Å². The van der Waals surface area contributed by atoms with Gasteiger partial charge >= 0.3 is 0 Å². The van der Waals surface area contributed by atoms with Crippen LogP contribution >= 0.6 is 0 Å². The molecule has 5 heteroatoms. The van der Waals surface area contributed by atoms with E-state index in [1.165, 1.54) is 4.90 Å². The summed E-state index contributed by atoms with van der Waals surface area (Å²) in [5.74, 6) is 0.659. The maximum absolute atomic E-state index is 12.1. The highest BCUT2D eigenvalue weighted by Crippen LogP contribution is 2.11. The predicted molar refractivity (Wildman–Crippen MR) is 71.8 cm³/mol. The summed E-state index contributed by atoms with van der Waals surface area (Å²) >= 11 is 0. The van der Waals surface area contributed by atoms with E-state index in [4.69, 9.17) is 0 Å². The maximum atomic E-state index is 12.1. The lowest BCUT2D eigenvalue weighted by Gasteiger charge is -2.25. The molecule has 1 heterocycles. The molecule has 1 aromatic rings. The predicted octanol–water partition coefficient (Wildman–Crippen LogP) is 0.990. The van der Waals surface area contributed by atoms with Gasteiger partial charge < -0.3 is 14.9 Å². The Hall–Kier alpha value is -1.62. The number of aliphatic hydroxyl groups is 1. The highest BCUT2D eigenvalue weighted by atomic mass is 16.3. The summed E-state index contributed by atoms with van der Waals surface area (Å²) in [7, 11) is 5.45. The van der Waals surface area contributed by atoms with Gasteiger partial charge in [0.2, 0.25) is 0 Å². The Morgan fingerprint density at radius 2 is 1.94 bits per heavy atom. The molecule has 100 valence electrons. The van der Waals surface area contributed by atoms with Crippen LogP contribution in [0, 0.1) is 0 Å². The van der Waals surface area contributed by atoms with Gasteiger partial charge in [-0.05, 0) is 26.0 Å². The number of amides is 1. The van der Waals surface area contributed by atoms with Gasteiger partial charge in [0.15, 0.2) is 0 Å². The molecular weight excluding hydrogens is 230 g/mol. The average Bonchev–Trinajstić information content (AvgIpc) is 2.26.